The number of aromatic nitrogens is 1. The lowest BCUT2D eigenvalue weighted by Gasteiger charge is -2.22. The zero-order valence-electron chi connectivity index (χ0n) is 32.5. The van der Waals surface area contributed by atoms with E-state index in [1.54, 1.807) is 0 Å². The maximum absolute atomic E-state index is 6.50. The van der Waals surface area contributed by atoms with Crippen LogP contribution in [0, 0.1) is 12.3 Å². The van der Waals surface area contributed by atoms with E-state index < -0.39 is 0 Å². The zero-order valence-corrected chi connectivity index (χ0v) is 33.3. The second-order valence-electron chi connectivity index (χ2n) is 15.4. The minimum Gasteiger partial charge on any atom is -0.302 e. The first-order valence-electron chi connectivity index (χ1n) is 20.4. The van der Waals surface area contributed by atoms with Crippen LogP contribution < -0.4 is 0 Å². The molecule has 278 valence electrons. The Labute approximate surface area is 348 Å². The van der Waals surface area contributed by atoms with Crippen LogP contribution >= 0.6 is 11.3 Å². The average Bonchev–Trinajstić information content (AvgIpc) is 3.85. The second kappa shape index (κ2) is 14.6. The summed E-state index contributed by atoms with van der Waals surface area (Å²) in [7, 11) is 0. The summed E-state index contributed by atoms with van der Waals surface area (Å²) in [5.41, 5.74) is 13.2. The Morgan fingerprint density at radius 2 is 1.14 bits per heavy atom. The maximum Gasteiger partial charge on any atom is 0.105 e. The van der Waals surface area contributed by atoms with Crippen molar-refractivity contribution in [2.75, 3.05) is 0 Å². The molecule has 0 fully saturated rings. The van der Waals surface area contributed by atoms with Gasteiger partial charge in [-0.3, -0.25) is 0 Å². The molecule has 2 heteroatoms. The van der Waals surface area contributed by atoms with Crippen molar-refractivity contribution in [3.8, 4) is 34.6 Å². The SMILES string of the molecule is C#Cc1c(/C=C\Cc2cccc3c2sc2c(-c4ccccc4)cccc23)c2ccccc2n1C1=CCCC(c2c3ccccc3c(-c3ccccc3)c3ccccc23)=C1. The first-order chi connectivity index (χ1) is 29.3. The minimum absolute atomic E-state index is 0.806. The molecular formula is C57H39NS. The third-order valence-corrected chi connectivity index (χ3v) is 13.4. The molecule has 0 amide bonds. The number of benzene rings is 8. The van der Waals surface area contributed by atoms with E-state index in [4.69, 9.17) is 6.42 Å². The Morgan fingerprint density at radius 1 is 0.559 bits per heavy atom. The van der Waals surface area contributed by atoms with E-state index in [2.05, 4.69) is 205 Å². The molecule has 2 aromatic heterocycles. The van der Waals surface area contributed by atoms with Gasteiger partial charge >= 0.3 is 0 Å². The van der Waals surface area contributed by atoms with Gasteiger partial charge in [0.25, 0.3) is 0 Å². The molecule has 0 N–H and O–H groups in total. The summed E-state index contributed by atoms with van der Waals surface area (Å²) in [4.78, 5) is 0. The van der Waals surface area contributed by atoms with E-state index in [1.807, 2.05) is 11.3 Å². The zero-order chi connectivity index (χ0) is 39.3. The largest absolute Gasteiger partial charge is 0.302 e. The number of rotatable bonds is 7. The Balaban J connectivity index is 1.01. The first kappa shape index (κ1) is 35.0. The third-order valence-electron chi connectivity index (χ3n) is 12.0. The fourth-order valence-electron chi connectivity index (χ4n) is 9.46. The summed E-state index contributed by atoms with van der Waals surface area (Å²) in [6.45, 7) is 0. The van der Waals surface area contributed by atoms with E-state index in [-0.39, 0.29) is 0 Å². The van der Waals surface area contributed by atoms with Crippen molar-refractivity contribution in [1.82, 2.24) is 4.57 Å². The van der Waals surface area contributed by atoms with Crippen LogP contribution in [-0.4, -0.2) is 4.57 Å². The lowest BCUT2D eigenvalue weighted by molar-refractivity contribution is 1.02. The van der Waals surface area contributed by atoms with Crippen molar-refractivity contribution in [2.24, 2.45) is 0 Å². The van der Waals surface area contributed by atoms with Crippen LogP contribution in [0.3, 0.4) is 0 Å². The van der Waals surface area contributed by atoms with Crippen molar-refractivity contribution in [1.29, 1.82) is 0 Å². The molecule has 0 bridgehead atoms. The first-order valence-corrected chi connectivity index (χ1v) is 21.2. The summed E-state index contributed by atoms with van der Waals surface area (Å²) >= 11 is 1.90. The van der Waals surface area contributed by atoms with E-state index in [0.29, 0.717) is 0 Å². The summed E-state index contributed by atoms with van der Waals surface area (Å²) in [6.07, 6.45) is 18.5. The van der Waals surface area contributed by atoms with Gasteiger partial charge in [-0.1, -0.05) is 188 Å². The van der Waals surface area contributed by atoms with Gasteiger partial charge < -0.3 is 4.57 Å². The molecule has 10 aromatic rings. The highest BCUT2D eigenvalue weighted by Gasteiger charge is 2.22. The smallest absolute Gasteiger partial charge is 0.105 e. The molecule has 1 nitrogen and oxygen atoms in total. The molecule has 0 saturated heterocycles. The van der Waals surface area contributed by atoms with Crippen LogP contribution in [0.4, 0.5) is 0 Å². The van der Waals surface area contributed by atoms with Crippen LogP contribution in [0.25, 0.3) is 92.2 Å². The fraction of sp³-hybridized carbons (Fsp3) is 0.0526. The predicted molar refractivity (Wildman–Crippen MR) is 256 cm³/mol. The van der Waals surface area contributed by atoms with Gasteiger partial charge in [-0.2, -0.15) is 0 Å². The van der Waals surface area contributed by atoms with Crippen molar-refractivity contribution in [2.45, 2.75) is 19.3 Å². The van der Waals surface area contributed by atoms with E-state index in [1.165, 1.54) is 80.7 Å². The predicted octanol–water partition coefficient (Wildman–Crippen LogP) is 15.6. The lowest BCUT2D eigenvalue weighted by Crippen LogP contribution is -2.03. The highest BCUT2D eigenvalue weighted by molar-refractivity contribution is 7.26. The second-order valence-corrected chi connectivity index (χ2v) is 16.4. The van der Waals surface area contributed by atoms with Crippen molar-refractivity contribution >= 4 is 81.3 Å². The summed E-state index contributed by atoms with van der Waals surface area (Å²) in [5, 5.41) is 8.90. The molecule has 1 aliphatic carbocycles. The van der Waals surface area contributed by atoms with Crippen molar-refractivity contribution < 1.29 is 0 Å². The number of terminal acetylenes is 1. The fourth-order valence-corrected chi connectivity index (χ4v) is 10.8. The number of para-hydroxylation sites is 1. The number of fused-ring (bicyclic) bond motifs is 6. The number of allylic oxidation sites excluding steroid dienone is 5. The quantitative estimate of drug-likeness (QED) is 0.112. The molecule has 8 aromatic carbocycles. The standard InChI is InChI=1S/C57H39NS/c1-2-52-44(33-16-23-40-24-17-34-50-51-35-18-32-43(57(51)59-56(40)50)38-19-5-3-6-20-38)45-27-13-14-36-53(45)58(52)42-26-15-25-41(37-42)55-48-30-11-9-28-46(48)54(39-21-7-4-8-22-39)47-29-10-12-31-49(47)55/h1,3-14,16-22,24,26-37H,15,23,25H2/b33-16-. The molecule has 0 atom stereocenters. The molecule has 2 heterocycles. The maximum atomic E-state index is 6.50. The van der Waals surface area contributed by atoms with Gasteiger partial charge in [-0.15, -0.1) is 17.8 Å². The molecule has 0 radical (unpaired) electrons. The molecule has 59 heavy (non-hydrogen) atoms. The van der Waals surface area contributed by atoms with E-state index in [0.717, 1.165) is 47.1 Å². The molecule has 0 unspecified atom stereocenters. The minimum atomic E-state index is 0.806. The van der Waals surface area contributed by atoms with Gasteiger partial charge in [0.15, 0.2) is 0 Å². The van der Waals surface area contributed by atoms with Gasteiger partial charge in [-0.25, -0.2) is 0 Å². The highest BCUT2D eigenvalue weighted by atomic mass is 32.1. The molecule has 0 saturated carbocycles. The Morgan fingerprint density at radius 3 is 1.83 bits per heavy atom. The number of hydrogen-bond donors (Lipinski definition) is 0. The topological polar surface area (TPSA) is 4.93 Å². The lowest BCUT2D eigenvalue weighted by atomic mass is 9.83. The molecule has 1 aliphatic rings. The van der Waals surface area contributed by atoms with Gasteiger partial charge in [-0.05, 0) is 91.9 Å². The molecular weight excluding hydrogens is 731 g/mol. The average molecular weight is 770 g/mol. The number of nitrogens with zero attached hydrogens (tertiary/aromatic N) is 1. The summed E-state index contributed by atoms with van der Waals surface area (Å²) in [5.74, 6) is 3.15. The normalized spacial score (nSPS) is 13.1. The number of hydrogen-bond acceptors (Lipinski definition) is 1. The van der Waals surface area contributed by atoms with Crippen LogP contribution in [0.1, 0.15) is 35.2 Å². The summed E-state index contributed by atoms with van der Waals surface area (Å²) in [6, 6.07) is 61.5. The molecule has 0 spiro atoms. The Bertz CT molecular complexity index is 3340. The van der Waals surface area contributed by atoms with Crippen LogP contribution in [0.2, 0.25) is 0 Å². The summed E-state index contributed by atoms with van der Waals surface area (Å²) < 4.78 is 5.00. The van der Waals surface area contributed by atoms with Crippen LogP contribution in [0.5, 0.6) is 0 Å². The van der Waals surface area contributed by atoms with E-state index >= 15 is 0 Å². The van der Waals surface area contributed by atoms with E-state index in [9.17, 15) is 0 Å². The van der Waals surface area contributed by atoms with Crippen LogP contribution in [0.15, 0.2) is 188 Å². The van der Waals surface area contributed by atoms with Gasteiger partial charge in [0.1, 0.15) is 5.69 Å². The van der Waals surface area contributed by atoms with Crippen molar-refractivity contribution in [3.05, 3.63) is 210 Å². The third kappa shape index (κ3) is 5.86. The van der Waals surface area contributed by atoms with Crippen molar-refractivity contribution in [3.63, 3.8) is 0 Å². The Hall–Kier alpha value is -7.18. The van der Waals surface area contributed by atoms with Crippen LogP contribution in [-0.2, 0) is 6.42 Å². The number of thiophene rings is 1. The molecule has 11 rings (SSSR count). The van der Waals surface area contributed by atoms with Gasteiger partial charge in [0.2, 0.25) is 0 Å². The highest BCUT2D eigenvalue weighted by Crippen LogP contribution is 2.45. The van der Waals surface area contributed by atoms with Gasteiger partial charge in [0, 0.05) is 36.8 Å². The molecule has 0 aliphatic heterocycles. The monoisotopic (exact) mass is 769 g/mol. The van der Waals surface area contributed by atoms with Gasteiger partial charge in [0.05, 0.1) is 5.52 Å². The Kier molecular flexibility index (Phi) is 8.69.